The first kappa shape index (κ1) is 23.6. The van der Waals surface area contributed by atoms with Gasteiger partial charge in [-0.05, 0) is 36.8 Å². The average molecular weight is 496 g/mol. The number of nitrogens with zero attached hydrogens (tertiary/aromatic N) is 4. The lowest BCUT2D eigenvalue weighted by Crippen LogP contribution is -2.21. The summed E-state index contributed by atoms with van der Waals surface area (Å²) in [6.45, 7) is 1.39. The van der Waals surface area contributed by atoms with Crippen LogP contribution < -0.4 is 10.6 Å². The maximum absolute atomic E-state index is 11.9. The number of aromatic nitrogens is 4. The number of rotatable bonds is 5. The first-order chi connectivity index (χ1) is 15.2. The zero-order valence-electron chi connectivity index (χ0n) is 16.9. The summed E-state index contributed by atoms with van der Waals surface area (Å²) in [5.74, 6) is -0.297. The van der Waals surface area contributed by atoms with E-state index in [4.69, 9.17) is 39.5 Å². The fraction of sp³-hybridized carbons (Fsp3) is 0.200. The fourth-order valence-electron chi connectivity index (χ4n) is 2.68. The topological polar surface area (TPSA) is 119 Å². The van der Waals surface area contributed by atoms with Crippen molar-refractivity contribution in [3.8, 4) is 22.4 Å². The number of aryl methyl sites for hydroxylation is 1. The standard InChI is InChI=1S/C20H17Cl3N6O3/c1-11-15(7-14(9-26-11)28-19(31)32-10-20(21,22)23)16-6-13(8-27-29-16)12-3-4-25-17(5-12)18(30)24-2/h3-9H,10H2,1-2H3,(H,24,30)(H,28,31). The summed E-state index contributed by atoms with van der Waals surface area (Å²) in [7, 11) is 1.53. The Balaban J connectivity index is 1.87. The Bertz CT molecular complexity index is 1150. The molecule has 0 bridgehead atoms. The van der Waals surface area contributed by atoms with Gasteiger partial charge in [0.05, 0.1) is 23.8 Å². The van der Waals surface area contributed by atoms with Crippen LogP contribution in [0.1, 0.15) is 16.2 Å². The van der Waals surface area contributed by atoms with Crippen LogP contribution in [0.5, 0.6) is 0 Å². The minimum absolute atomic E-state index is 0.278. The van der Waals surface area contributed by atoms with Gasteiger partial charge in [-0.15, -0.1) is 0 Å². The Morgan fingerprint density at radius 2 is 1.88 bits per heavy atom. The predicted octanol–water partition coefficient (Wildman–Crippen LogP) is 4.19. The van der Waals surface area contributed by atoms with E-state index in [0.29, 0.717) is 22.6 Å². The van der Waals surface area contributed by atoms with Crippen LogP contribution in [-0.4, -0.2) is 49.6 Å². The van der Waals surface area contributed by atoms with E-state index in [2.05, 4.69) is 30.8 Å². The minimum Gasteiger partial charge on any atom is -0.445 e. The molecule has 0 aliphatic heterocycles. The van der Waals surface area contributed by atoms with Gasteiger partial charge in [0, 0.05) is 30.1 Å². The zero-order chi connectivity index (χ0) is 23.3. The third-order valence-corrected chi connectivity index (χ3v) is 4.51. The molecule has 0 radical (unpaired) electrons. The van der Waals surface area contributed by atoms with Crippen molar-refractivity contribution >= 4 is 52.5 Å². The van der Waals surface area contributed by atoms with Crippen LogP contribution in [0.25, 0.3) is 22.4 Å². The lowest BCUT2D eigenvalue weighted by molar-refractivity contribution is 0.0958. The van der Waals surface area contributed by atoms with Gasteiger partial charge >= 0.3 is 6.09 Å². The van der Waals surface area contributed by atoms with E-state index in [1.807, 2.05) is 0 Å². The normalized spacial score (nSPS) is 11.0. The van der Waals surface area contributed by atoms with Crippen molar-refractivity contribution in [2.75, 3.05) is 19.0 Å². The number of ether oxygens (including phenoxy) is 1. The number of halogens is 3. The summed E-state index contributed by atoms with van der Waals surface area (Å²) in [6.07, 6.45) is 3.78. The Hall–Kier alpha value is -3.01. The molecule has 2 N–H and O–H groups in total. The van der Waals surface area contributed by atoms with Crippen molar-refractivity contribution in [2.45, 2.75) is 10.7 Å². The second kappa shape index (κ2) is 10.1. The Labute approximate surface area is 198 Å². The first-order valence-electron chi connectivity index (χ1n) is 9.15. The lowest BCUT2D eigenvalue weighted by Gasteiger charge is -2.13. The van der Waals surface area contributed by atoms with Gasteiger partial charge in [0.1, 0.15) is 12.3 Å². The van der Waals surface area contributed by atoms with E-state index < -0.39 is 16.5 Å². The maximum Gasteiger partial charge on any atom is 0.411 e. The van der Waals surface area contributed by atoms with E-state index in [0.717, 1.165) is 11.1 Å². The number of hydrogen-bond acceptors (Lipinski definition) is 7. The maximum atomic E-state index is 11.9. The summed E-state index contributed by atoms with van der Waals surface area (Å²) in [4.78, 5) is 32.2. The van der Waals surface area contributed by atoms with E-state index in [9.17, 15) is 9.59 Å². The summed E-state index contributed by atoms with van der Waals surface area (Å²) < 4.78 is 3.15. The van der Waals surface area contributed by atoms with Crippen LogP contribution in [0.3, 0.4) is 0 Å². The van der Waals surface area contributed by atoms with Gasteiger partial charge in [-0.2, -0.15) is 10.2 Å². The number of carbonyl (C=O) groups is 2. The molecular weight excluding hydrogens is 479 g/mol. The molecule has 0 atom stereocenters. The van der Waals surface area contributed by atoms with Crippen LogP contribution in [0.2, 0.25) is 0 Å². The predicted molar refractivity (Wildman–Crippen MR) is 122 cm³/mol. The molecule has 0 spiro atoms. The number of carbonyl (C=O) groups excluding carboxylic acids is 2. The third kappa shape index (κ3) is 6.25. The molecule has 0 aromatic carbocycles. The minimum atomic E-state index is -1.71. The first-order valence-corrected chi connectivity index (χ1v) is 10.3. The Morgan fingerprint density at radius 3 is 2.59 bits per heavy atom. The molecule has 0 unspecified atom stereocenters. The number of alkyl halides is 3. The number of anilines is 1. The fourth-order valence-corrected chi connectivity index (χ4v) is 2.84. The average Bonchev–Trinajstić information content (AvgIpc) is 2.78. The molecule has 166 valence electrons. The third-order valence-electron chi connectivity index (χ3n) is 4.18. The van der Waals surface area contributed by atoms with Gasteiger partial charge in [-0.1, -0.05) is 34.8 Å². The van der Waals surface area contributed by atoms with Gasteiger partial charge in [0.15, 0.2) is 0 Å². The summed E-state index contributed by atoms with van der Waals surface area (Å²) in [5, 5.41) is 13.3. The zero-order valence-corrected chi connectivity index (χ0v) is 19.2. The van der Waals surface area contributed by atoms with Gasteiger partial charge < -0.3 is 10.1 Å². The van der Waals surface area contributed by atoms with Crippen molar-refractivity contribution in [3.05, 3.63) is 54.2 Å². The van der Waals surface area contributed by atoms with E-state index in [1.165, 1.54) is 13.2 Å². The highest BCUT2D eigenvalue weighted by molar-refractivity contribution is 6.67. The van der Waals surface area contributed by atoms with Gasteiger partial charge in [0.25, 0.3) is 5.91 Å². The molecule has 12 heteroatoms. The van der Waals surface area contributed by atoms with Crippen molar-refractivity contribution in [1.82, 2.24) is 25.5 Å². The van der Waals surface area contributed by atoms with Gasteiger partial charge in [-0.25, -0.2) is 4.79 Å². The van der Waals surface area contributed by atoms with E-state index in [1.54, 1.807) is 43.6 Å². The number of amides is 2. The molecule has 0 fully saturated rings. The molecule has 0 aliphatic carbocycles. The highest BCUT2D eigenvalue weighted by Crippen LogP contribution is 2.28. The molecule has 9 nitrogen and oxygen atoms in total. The van der Waals surface area contributed by atoms with Crippen LogP contribution in [0, 0.1) is 6.92 Å². The van der Waals surface area contributed by atoms with Crippen LogP contribution in [-0.2, 0) is 4.74 Å². The number of nitrogens with one attached hydrogen (secondary N) is 2. The van der Waals surface area contributed by atoms with Crippen molar-refractivity contribution < 1.29 is 14.3 Å². The Kier molecular flexibility index (Phi) is 7.44. The Morgan fingerprint density at radius 1 is 1.09 bits per heavy atom. The van der Waals surface area contributed by atoms with Gasteiger partial charge in [0.2, 0.25) is 3.79 Å². The molecular formula is C20H17Cl3N6O3. The monoisotopic (exact) mass is 494 g/mol. The van der Waals surface area contributed by atoms with Crippen molar-refractivity contribution in [3.63, 3.8) is 0 Å². The highest BCUT2D eigenvalue weighted by atomic mass is 35.6. The van der Waals surface area contributed by atoms with Crippen molar-refractivity contribution in [1.29, 1.82) is 0 Å². The molecule has 3 aromatic rings. The highest BCUT2D eigenvalue weighted by Gasteiger charge is 2.22. The second-order valence-corrected chi connectivity index (χ2v) is 9.03. The SMILES string of the molecule is CNC(=O)c1cc(-c2cnnc(-c3cc(NC(=O)OCC(Cl)(Cl)Cl)cnc3C)c2)ccn1. The van der Waals surface area contributed by atoms with Crippen LogP contribution in [0.4, 0.5) is 10.5 Å². The van der Waals surface area contributed by atoms with Crippen LogP contribution >= 0.6 is 34.8 Å². The molecule has 0 saturated carbocycles. The quantitative estimate of drug-likeness (QED) is 0.509. The van der Waals surface area contributed by atoms with E-state index in [-0.39, 0.29) is 11.6 Å². The molecule has 3 rings (SSSR count). The van der Waals surface area contributed by atoms with Crippen LogP contribution in [0.15, 0.2) is 42.9 Å². The molecule has 3 heterocycles. The smallest absolute Gasteiger partial charge is 0.411 e. The second-order valence-electron chi connectivity index (χ2n) is 6.51. The molecule has 0 saturated heterocycles. The summed E-state index contributed by atoms with van der Waals surface area (Å²) >= 11 is 16.7. The van der Waals surface area contributed by atoms with Crippen molar-refractivity contribution in [2.24, 2.45) is 0 Å². The largest absolute Gasteiger partial charge is 0.445 e. The number of hydrogen-bond donors (Lipinski definition) is 2. The molecule has 3 aromatic heterocycles. The van der Waals surface area contributed by atoms with E-state index >= 15 is 0 Å². The lowest BCUT2D eigenvalue weighted by atomic mass is 10.0. The number of pyridine rings is 2. The molecule has 2 amide bonds. The summed E-state index contributed by atoms with van der Waals surface area (Å²) in [6, 6.07) is 6.89. The van der Waals surface area contributed by atoms with Gasteiger partial charge in [-0.3, -0.25) is 20.1 Å². The molecule has 32 heavy (non-hydrogen) atoms. The molecule has 0 aliphatic rings. The summed E-state index contributed by atoms with van der Waals surface area (Å²) in [5.41, 5.74) is 3.92.